The number of H-pyrrole nitrogens is 1. The lowest BCUT2D eigenvalue weighted by atomic mass is 9.80. The Hall–Kier alpha value is -3.58. The maximum Gasteiger partial charge on any atom is 0.340 e. The molecule has 28 heavy (non-hydrogen) atoms. The molecule has 0 radical (unpaired) electrons. The van der Waals surface area contributed by atoms with Crippen molar-refractivity contribution >= 4 is 27.8 Å². The summed E-state index contributed by atoms with van der Waals surface area (Å²) in [6.07, 6.45) is 1.74. The Bertz CT molecular complexity index is 1310. The molecule has 1 heterocycles. The van der Waals surface area contributed by atoms with Crippen molar-refractivity contribution in [3.8, 4) is 17.2 Å². The number of nitrogens with one attached hydrogen (secondary N) is 1. The third kappa shape index (κ3) is 2.20. The molecule has 0 amide bonds. The second-order valence-corrected chi connectivity index (χ2v) is 7.01. The van der Waals surface area contributed by atoms with Gasteiger partial charge in [0.25, 0.3) is 0 Å². The highest BCUT2D eigenvalue weighted by Gasteiger charge is 2.30. The summed E-state index contributed by atoms with van der Waals surface area (Å²) >= 11 is 0. The summed E-state index contributed by atoms with van der Waals surface area (Å²) in [6, 6.07) is 18.4. The second kappa shape index (κ2) is 6.24. The standard InChI is InChI=1S/C24H18N2O2/c1-2-28-24(27)22-18(13-25)20-15-8-4-3-7-14(15)11-12-17(20)23-21(22)16-9-5-6-10-19(16)26-23/h3-10,26H,2,11-12H2,1H3. The molecular weight excluding hydrogens is 348 g/mol. The number of carbonyl (C=O) groups is 1. The lowest BCUT2D eigenvalue weighted by Crippen LogP contribution is -2.13. The monoisotopic (exact) mass is 366 g/mol. The van der Waals surface area contributed by atoms with Crippen LogP contribution in [0.1, 0.15) is 34.0 Å². The van der Waals surface area contributed by atoms with Crippen LogP contribution < -0.4 is 0 Å². The molecule has 4 heteroatoms. The highest BCUT2D eigenvalue weighted by Crippen LogP contribution is 2.44. The van der Waals surface area contributed by atoms with E-state index < -0.39 is 5.97 Å². The van der Waals surface area contributed by atoms with Gasteiger partial charge in [-0.1, -0.05) is 42.5 Å². The van der Waals surface area contributed by atoms with E-state index in [2.05, 4.69) is 17.1 Å². The predicted octanol–water partition coefficient (Wildman–Crippen LogP) is 5.14. The van der Waals surface area contributed by atoms with E-state index in [0.717, 1.165) is 51.3 Å². The number of para-hydroxylation sites is 1. The minimum Gasteiger partial charge on any atom is -0.462 e. The van der Waals surface area contributed by atoms with Crippen LogP contribution in [0.2, 0.25) is 0 Å². The highest BCUT2D eigenvalue weighted by molar-refractivity contribution is 6.20. The first-order valence-corrected chi connectivity index (χ1v) is 9.49. The van der Waals surface area contributed by atoms with E-state index in [4.69, 9.17) is 4.74 Å². The first-order valence-electron chi connectivity index (χ1n) is 9.49. The zero-order valence-electron chi connectivity index (χ0n) is 15.5. The number of hydrogen-bond acceptors (Lipinski definition) is 3. The van der Waals surface area contributed by atoms with E-state index in [0.29, 0.717) is 11.1 Å². The molecule has 1 N–H and O–H groups in total. The van der Waals surface area contributed by atoms with Crippen molar-refractivity contribution in [2.45, 2.75) is 19.8 Å². The Labute approximate surface area is 162 Å². The number of hydrogen-bond donors (Lipinski definition) is 1. The van der Waals surface area contributed by atoms with Crippen LogP contribution in [-0.2, 0) is 17.6 Å². The summed E-state index contributed by atoms with van der Waals surface area (Å²) in [5.74, 6) is -0.445. The number of aryl methyl sites for hydroxylation is 2. The summed E-state index contributed by atoms with van der Waals surface area (Å²) < 4.78 is 5.37. The fraction of sp³-hybridized carbons (Fsp3) is 0.167. The van der Waals surface area contributed by atoms with Crippen LogP contribution in [0.3, 0.4) is 0 Å². The molecule has 0 saturated heterocycles. The van der Waals surface area contributed by atoms with Gasteiger partial charge in [0, 0.05) is 21.9 Å². The topological polar surface area (TPSA) is 65.9 Å². The molecule has 0 saturated carbocycles. The lowest BCUT2D eigenvalue weighted by molar-refractivity contribution is 0.0528. The van der Waals surface area contributed by atoms with Gasteiger partial charge in [-0.25, -0.2) is 4.79 Å². The summed E-state index contributed by atoms with van der Waals surface area (Å²) in [5, 5.41) is 11.9. The van der Waals surface area contributed by atoms with Gasteiger partial charge >= 0.3 is 5.97 Å². The number of rotatable bonds is 2. The molecule has 0 unspecified atom stereocenters. The molecule has 136 valence electrons. The average Bonchev–Trinajstić information content (AvgIpc) is 3.12. The van der Waals surface area contributed by atoms with Gasteiger partial charge in [-0.05, 0) is 42.5 Å². The van der Waals surface area contributed by atoms with Crippen molar-refractivity contribution in [2.24, 2.45) is 0 Å². The Morgan fingerprint density at radius 3 is 2.75 bits per heavy atom. The molecule has 0 spiro atoms. The number of ether oxygens (including phenoxy) is 1. The zero-order chi connectivity index (χ0) is 19.3. The molecular formula is C24H18N2O2. The van der Waals surface area contributed by atoms with E-state index in [1.54, 1.807) is 6.92 Å². The molecule has 3 aromatic carbocycles. The first-order chi connectivity index (χ1) is 13.7. The second-order valence-electron chi connectivity index (χ2n) is 7.01. The molecule has 0 aliphatic heterocycles. The highest BCUT2D eigenvalue weighted by atomic mass is 16.5. The van der Waals surface area contributed by atoms with Crippen molar-refractivity contribution in [3.05, 3.63) is 70.8 Å². The quantitative estimate of drug-likeness (QED) is 0.500. The molecule has 5 rings (SSSR count). The van der Waals surface area contributed by atoms with E-state index in [-0.39, 0.29) is 6.61 Å². The minimum atomic E-state index is -0.445. The number of aromatic nitrogens is 1. The number of nitriles is 1. The summed E-state index contributed by atoms with van der Waals surface area (Å²) in [6.45, 7) is 2.05. The molecule has 1 aliphatic rings. The van der Waals surface area contributed by atoms with Crippen LogP contribution in [0.5, 0.6) is 0 Å². The number of aromatic amines is 1. The van der Waals surface area contributed by atoms with Gasteiger partial charge in [0.2, 0.25) is 0 Å². The molecule has 0 bridgehead atoms. The SMILES string of the molecule is CCOC(=O)c1c(C#N)c2c(c3[nH]c4ccccc4c13)CCc1ccccc1-2. The molecule has 1 aromatic heterocycles. The van der Waals surface area contributed by atoms with Crippen LogP contribution in [0.25, 0.3) is 32.9 Å². The molecule has 1 aliphatic carbocycles. The van der Waals surface area contributed by atoms with Gasteiger partial charge in [0.1, 0.15) is 6.07 Å². The number of carbonyl (C=O) groups excluding carboxylic acids is 1. The average molecular weight is 366 g/mol. The Balaban J connectivity index is 2.02. The first kappa shape index (κ1) is 16.6. The zero-order valence-corrected chi connectivity index (χ0v) is 15.5. The molecule has 4 aromatic rings. The van der Waals surface area contributed by atoms with Crippen LogP contribution in [-0.4, -0.2) is 17.6 Å². The third-order valence-electron chi connectivity index (χ3n) is 5.58. The van der Waals surface area contributed by atoms with Gasteiger partial charge in [-0.3, -0.25) is 0 Å². The summed E-state index contributed by atoms with van der Waals surface area (Å²) in [7, 11) is 0. The predicted molar refractivity (Wildman–Crippen MR) is 109 cm³/mol. The largest absolute Gasteiger partial charge is 0.462 e. The van der Waals surface area contributed by atoms with Crippen molar-refractivity contribution in [2.75, 3.05) is 6.61 Å². The van der Waals surface area contributed by atoms with Crippen LogP contribution >= 0.6 is 0 Å². The maximum absolute atomic E-state index is 13.0. The smallest absolute Gasteiger partial charge is 0.340 e. The number of fused-ring (bicyclic) bond motifs is 7. The minimum absolute atomic E-state index is 0.265. The van der Waals surface area contributed by atoms with Crippen molar-refractivity contribution in [1.82, 2.24) is 4.98 Å². The van der Waals surface area contributed by atoms with Gasteiger partial charge in [0.15, 0.2) is 0 Å². The van der Waals surface area contributed by atoms with E-state index >= 15 is 0 Å². The number of esters is 1. The van der Waals surface area contributed by atoms with Crippen LogP contribution in [0.4, 0.5) is 0 Å². The van der Waals surface area contributed by atoms with Gasteiger partial charge in [-0.2, -0.15) is 5.26 Å². The molecule has 0 fully saturated rings. The Morgan fingerprint density at radius 1 is 1.14 bits per heavy atom. The van der Waals surface area contributed by atoms with Crippen molar-refractivity contribution in [1.29, 1.82) is 5.26 Å². The van der Waals surface area contributed by atoms with E-state index in [1.165, 1.54) is 5.56 Å². The van der Waals surface area contributed by atoms with E-state index in [1.807, 2.05) is 42.5 Å². The summed E-state index contributed by atoms with van der Waals surface area (Å²) in [5.41, 5.74) is 6.89. The fourth-order valence-electron chi connectivity index (χ4n) is 4.46. The number of nitrogens with zero attached hydrogens (tertiary/aromatic N) is 1. The summed E-state index contributed by atoms with van der Waals surface area (Å²) in [4.78, 5) is 16.5. The van der Waals surface area contributed by atoms with Gasteiger partial charge in [-0.15, -0.1) is 0 Å². The Kier molecular flexibility index (Phi) is 3.70. The maximum atomic E-state index is 13.0. The van der Waals surface area contributed by atoms with Crippen LogP contribution in [0, 0.1) is 11.3 Å². The van der Waals surface area contributed by atoms with E-state index in [9.17, 15) is 10.1 Å². The Morgan fingerprint density at radius 2 is 1.93 bits per heavy atom. The van der Waals surface area contributed by atoms with Crippen molar-refractivity contribution in [3.63, 3.8) is 0 Å². The third-order valence-corrected chi connectivity index (χ3v) is 5.58. The molecule has 0 atom stereocenters. The molecule has 4 nitrogen and oxygen atoms in total. The normalized spacial score (nSPS) is 12.4. The van der Waals surface area contributed by atoms with Gasteiger partial charge < -0.3 is 9.72 Å². The number of benzene rings is 3. The fourth-order valence-corrected chi connectivity index (χ4v) is 4.46. The van der Waals surface area contributed by atoms with Crippen LogP contribution in [0.15, 0.2) is 48.5 Å². The lowest BCUT2D eigenvalue weighted by Gasteiger charge is -2.23. The van der Waals surface area contributed by atoms with Crippen molar-refractivity contribution < 1.29 is 9.53 Å². The van der Waals surface area contributed by atoms with Gasteiger partial charge in [0.05, 0.1) is 23.3 Å².